The number of para-hydroxylation sites is 6. The quantitative estimate of drug-likeness (QED) is 0.162. The lowest BCUT2D eigenvalue weighted by molar-refractivity contribution is 0.668. The van der Waals surface area contributed by atoms with Gasteiger partial charge in [0.05, 0.1) is 22.4 Å². The molecule has 0 bridgehead atoms. The second-order valence-electron chi connectivity index (χ2n) is 21.9. The van der Waals surface area contributed by atoms with E-state index in [1.54, 1.807) is 0 Å². The van der Waals surface area contributed by atoms with Crippen LogP contribution in [0.5, 0.6) is 0 Å². The summed E-state index contributed by atoms with van der Waals surface area (Å²) in [6, 6.07) is 92.6. The molecule has 16 aromatic rings. The van der Waals surface area contributed by atoms with E-state index in [0.29, 0.717) is 0 Å². The molecule has 80 heavy (non-hydrogen) atoms. The Balaban J connectivity index is 0.000000120. The Bertz CT molecular complexity index is 5390. The van der Waals surface area contributed by atoms with Gasteiger partial charge in [0, 0.05) is 76.6 Å². The molecule has 4 aliphatic rings. The van der Waals surface area contributed by atoms with E-state index in [-0.39, 0.29) is 14.0 Å². The predicted molar refractivity (Wildman–Crippen MR) is 334 cm³/mol. The van der Waals surface area contributed by atoms with Crippen molar-refractivity contribution in [2.45, 2.75) is 0 Å². The number of anilines is 4. The lowest BCUT2D eigenvalue weighted by Gasteiger charge is -2.35. The van der Waals surface area contributed by atoms with Crippen LogP contribution in [0.15, 0.2) is 264 Å². The topological polar surface area (TPSA) is 42.6 Å². The van der Waals surface area contributed by atoms with Crippen LogP contribution in [0.1, 0.15) is 0 Å². The fraction of sp³-hybridized carbons (Fsp3) is 0. The summed E-state index contributed by atoms with van der Waals surface area (Å²) in [7, 11) is 0. The van der Waals surface area contributed by atoms with Crippen LogP contribution < -0.4 is 20.5 Å². The van der Waals surface area contributed by atoms with E-state index in [1.807, 2.05) is 24.3 Å². The van der Waals surface area contributed by atoms with E-state index in [1.165, 1.54) is 122 Å². The lowest BCUT2D eigenvalue weighted by atomic mass is 9.60. The smallest absolute Gasteiger partial charge is 0.421 e. The minimum Gasteiger partial charge on any atom is -0.456 e. The Kier molecular flexibility index (Phi) is 8.33. The van der Waals surface area contributed by atoms with E-state index < -0.39 is 0 Å². The molecule has 368 valence electrons. The van der Waals surface area contributed by atoms with Crippen LogP contribution in [0.3, 0.4) is 0 Å². The molecule has 0 saturated carbocycles. The van der Waals surface area contributed by atoms with E-state index in [4.69, 9.17) is 8.83 Å². The van der Waals surface area contributed by atoms with Crippen LogP contribution >= 0.6 is 0 Å². The Hall–Kier alpha value is -10.4. The molecule has 0 unspecified atom stereocenters. The molecule has 0 saturated heterocycles. The van der Waals surface area contributed by atoms with Crippen LogP contribution in [-0.2, 0) is 0 Å². The molecule has 0 radical (unpaired) electrons. The monoisotopic (exact) mass is 1020 g/mol. The van der Waals surface area contributed by atoms with Crippen molar-refractivity contribution >= 4 is 135 Å². The maximum Gasteiger partial charge on any atom is 0.421 e. The molecule has 0 atom stereocenters. The molecule has 0 amide bonds. The summed E-state index contributed by atoms with van der Waals surface area (Å²) in [6.07, 6.45) is 0. The predicted octanol–water partition coefficient (Wildman–Crippen LogP) is 17.5. The largest absolute Gasteiger partial charge is 0.456 e. The van der Waals surface area contributed by atoms with Crippen molar-refractivity contribution in [2.75, 3.05) is 9.62 Å². The minimum absolute atomic E-state index is 0.0686. The molecule has 20 rings (SSSR count). The summed E-state index contributed by atoms with van der Waals surface area (Å²) in [5.41, 5.74) is 26.6. The first-order valence-corrected chi connectivity index (χ1v) is 27.6. The highest BCUT2D eigenvalue weighted by atomic mass is 16.3. The second-order valence-corrected chi connectivity index (χ2v) is 21.9. The summed E-state index contributed by atoms with van der Waals surface area (Å²) >= 11 is 0. The average molecular weight is 1020 g/mol. The Morgan fingerprint density at radius 3 is 1.36 bits per heavy atom. The standard InChI is InChI=1S/2C36H21BN2O/c1-5-13-30-24(9-1)25-10-2-6-14-31(25)38-33-21-23(20-29-26-11-3-7-15-32(26)39(36(29)33)37(30)38)22-17-18-35-28(19-22)27-12-4-8-16-34(27)40-35;1-4-12-30-24(8-1)28-20-22(23-17-19-35-29(21-23)26-10-3-6-15-34(26)40-35)16-18-32(28)38-33-14-7-11-27-25-9-2-5-13-31(25)39(36(27)33)37(30)38/h2*1-21H. The van der Waals surface area contributed by atoms with Crippen LogP contribution in [0, 0.1) is 0 Å². The van der Waals surface area contributed by atoms with Gasteiger partial charge in [0.25, 0.3) is 0 Å². The fourth-order valence-electron chi connectivity index (χ4n) is 14.6. The van der Waals surface area contributed by atoms with Gasteiger partial charge in [-0.15, -0.1) is 0 Å². The number of fused-ring (bicyclic) bond motifs is 28. The number of rotatable bonds is 2. The average Bonchev–Trinajstić information content (AvgIpc) is 4.14. The van der Waals surface area contributed by atoms with Gasteiger partial charge in [0.1, 0.15) is 22.3 Å². The molecule has 0 aliphatic carbocycles. The second kappa shape index (κ2) is 15.6. The lowest BCUT2D eigenvalue weighted by Crippen LogP contribution is -2.51. The van der Waals surface area contributed by atoms with E-state index in [9.17, 15) is 0 Å². The van der Waals surface area contributed by atoms with E-state index >= 15 is 0 Å². The van der Waals surface area contributed by atoms with Gasteiger partial charge in [-0.05, 0) is 129 Å². The molecule has 8 heteroatoms. The van der Waals surface area contributed by atoms with Crippen molar-refractivity contribution in [1.29, 1.82) is 0 Å². The van der Waals surface area contributed by atoms with Crippen LogP contribution in [0.2, 0.25) is 0 Å². The molecular formula is C72H42B2N4O2. The van der Waals surface area contributed by atoms with Gasteiger partial charge >= 0.3 is 14.0 Å². The van der Waals surface area contributed by atoms with E-state index in [2.05, 4.69) is 249 Å². The van der Waals surface area contributed by atoms with Gasteiger partial charge in [-0.25, -0.2) is 0 Å². The molecule has 4 aromatic heterocycles. The maximum absolute atomic E-state index is 6.14. The van der Waals surface area contributed by atoms with Crippen molar-refractivity contribution in [2.24, 2.45) is 0 Å². The molecular weight excluding hydrogens is 974 g/mol. The highest BCUT2D eigenvalue weighted by molar-refractivity contribution is 6.83. The molecule has 6 nitrogen and oxygen atoms in total. The molecule has 4 aliphatic heterocycles. The number of aromatic nitrogens is 2. The third kappa shape index (κ3) is 5.58. The first kappa shape index (κ1) is 42.7. The normalized spacial score (nSPS) is 13.4. The SMILES string of the molecule is c1ccc2c(c1)B1N(c3ccc(-c4ccc5oc6ccccc6c5c4)cc3-2)c2cccc3c4ccccc4n1c23.c1ccc2c(c1)B1N(c3ccccc3-2)c2cc(-c3ccc4oc5ccccc5c4c3)cc3c4ccccc4n1c23. The van der Waals surface area contributed by atoms with Crippen molar-refractivity contribution in [3.63, 3.8) is 0 Å². The van der Waals surface area contributed by atoms with E-state index in [0.717, 1.165) is 43.9 Å². The van der Waals surface area contributed by atoms with Crippen molar-refractivity contribution < 1.29 is 8.83 Å². The third-order valence-electron chi connectivity index (χ3n) is 17.9. The zero-order chi connectivity index (χ0) is 51.9. The number of furan rings is 2. The highest BCUT2D eigenvalue weighted by Crippen LogP contribution is 2.52. The van der Waals surface area contributed by atoms with Crippen LogP contribution in [-0.4, -0.2) is 22.9 Å². The number of benzene rings is 12. The van der Waals surface area contributed by atoms with Crippen molar-refractivity contribution in [3.8, 4) is 44.5 Å². The fourth-order valence-corrected chi connectivity index (χ4v) is 14.6. The first-order chi connectivity index (χ1) is 39.7. The minimum atomic E-state index is 0.0686. The van der Waals surface area contributed by atoms with Gasteiger partial charge in [-0.1, -0.05) is 170 Å². The summed E-state index contributed by atoms with van der Waals surface area (Å²) in [5.74, 6) is 0. The highest BCUT2D eigenvalue weighted by Gasteiger charge is 2.46. The third-order valence-corrected chi connectivity index (χ3v) is 17.9. The molecule has 0 N–H and O–H groups in total. The summed E-state index contributed by atoms with van der Waals surface area (Å²) in [6.45, 7) is 0.155. The molecule has 8 heterocycles. The molecule has 0 fully saturated rings. The molecule has 12 aromatic carbocycles. The van der Waals surface area contributed by atoms with Gasteiger partial charge in [-0.3, -0.25) is 0 Å². The van der Waals surface area contributed by atoms with Crippen molar-refractivity contribution in [1.82, 2.24) is 8.96 Å². The summed E-state index contributed by atoms with van der Waals surface area (Å²) in [5, 5.41) is 9.86. The van der Waals surface area contributed by atoms with Gasteiger partial charge in [0.2, 0.25) is 0 Å². The first-order valence-electron chi connectivity index (χ1n) is 27.6. The van der Waals surface area contributed by atoms with Gasteiger partial charge in [0.15, 0.2) is 0 Å². The number of nitrogens with zero attached hydrogens (tertiary/aromatic N) is 4. The summed E-state index contributed by atoms with van der Waals surface area (Å²) in [4.78, 5) is 5.10. The van der Waals surface area contributed by atoms with Crippen molar-refractivity contribution in [3.05, 3.63) is 255 Å². The Morgan fingerprint density at radius 2 is 0.688 bits per heavy atom. The maximum atomic E-state index is 6.14. The zero-order valence-electron chi connectivity index (χ0n) is 43.0. The van der Waals surface area contributed by atoms with Crippen LogP contribution in [0.25, 0.3) is 132 Å². The Morgan fingerprint density at radius 1 is 0.250 bits per heavy atom. The van der Waals surface area contributed by atoms with Gasteiger partial charge in [-0.2, -0.15) is 0 Å². The Labute approximate surface area is 459 Å². The number of hydrogen-bond acceptors (Lipinski definition) is 4. The van der Waals surface area contributed by atoms with Crippen LogP contribution in [0.4, 0.5) is 22.7 Å². The zero-order valence-corrected chi connectivity index (χ0v) is 43.0. The number of hydrogen-bond donors (Lipinski definition) is 0. The molecule has 0 spiro atoms. The van der Waals surface area contributed by atoms with Gasteiger partial charge < -0.3 is 27.4 Å². The summed E-state index contributed by atoms with van der Waals surface area (Å²) < 4.78 is 17.4.